The lowest BCUT2D eigenvalue weighted by atomic mass is 10.1. The van der Waals surface area contributed by atoms with E-state index in [9.17, 15) is 4.79 Å². The van der Waals surface area contributed by atoms with Crippen molar-refractivity contribution >= 4 is 17.4 Å². The summed E-state index contributed by atoms with van der Waals surface area (Å²) in [6.45, 7) is 9.34. The summed E-state index contributed by atoms with van der Waals surface area (Å²) in [7, 11) is 0. The third kappa shape index (κ3) is 5.34. The lowest BCUT2D eigenvalue weighted by molar-refractivity contribution is 0.0627. The molecule has 0 unspecified atom stereocenters. The van der Waals surface area contributed by atoms with Crippen molar-refractivity contribution in [1.82, 2.24) is 9.80 Å². The molecule has 2 aliphatic rings. The minimum Gasteiger partial charge on any atom is -0.394 e. The molecule has 2 N–H and O–H groups in total. The summed E-state index contributed by atoms with van der Waals surface area (Å²) in [6.07, 6.45) is 2.48. The molecule has 0 saturated carbocycles. The Balaban J connectivity index is 1.49. The molecule has 2 amide bonds. The lowest BCUT2D eigenvalue weighted by Crippen LogP contribution is -2.50. The largest absolute Gasteiger partial charge is 0.394 e. The first-order valence-corrected chi connectivity index (χ1v) is 10.0. The number of nitrogens with zero attached hydrogens (tertiary/aromatic N) is 3. The van der Waals surface area contributed by atoms with Crippen LogP contribution in [0.3, 0.4) is 0 Å². The number of hydrogen-bond donors (Lipinski definition) is 2. The smallest absolute Gasteiger partial charge is 0.321 e. The fraction of sp³-hybridized carbons (Fsp3) is 0.650. The number of carbonyl (C=O) groups excluding carboxylic acids is 1. The Morgan fingerprint density at radius 3 is 2.56 bits per heavy atom. The molecule has 2 saturated heterocycles. The van der Waals surface area contributed by atoms with Crippen LogP contribution in [0.2, 0.25) is 0 Å². The normalized spacial score (nSPS) is 18.1. The van der Waals surface area contributed by atoms with E-state index in [0.717, 1.165) is 57.1 Å². The Bertz CT molecular complexity index is 611. The van der Waals surface area contributed by atoms with Crippen molar-refractivity contribution in [3.63, 3.8) is 0 Å². The molecule has 0 radical (unpaired) electrons. The second-order valence-corrected chi connectivity index (χ2v) is 7.24. The molecule has 7 nitrogen and oxygen atoms in total. The van der Waals surface area contributed by atoms with Crippen LogP contribution in [0, 0.1) is 6.92 Å². The average molecular weight is 377 g/mol. The molecule has 2 heterocycles. The number of rotatable bonds is 7. The van der Waals surface area contributed by atoms with Crippen LogP contribution in [-0.2, 0) is 4.74 Å². The van der Waals surface area contributed by atoms with Gasteiger partial charge in [-0.15, -0.1) is 0 Å². The zero-order chi connectivity index (χ0) is 19.1. The predicted molar refractivity (Wildman–Crippen MR) is 108 cm³/mol. The van der Waals surface area contributed by atoms with Gasteiger partial charge in [-0.25, -0.2) is 4.79 Å². The number of aliphatic hydroxyl groups excluding tert-OH is 1. The topological polar surface area (TPSA) is 68.3 Å². The van der Waals surface area contributed by atoms with Gasteiger partial charge >= 0.3 is 6.03 Å². The number of aliphatic hydroxyl groups is 1. The maximum absolute atomic E-state index is 12.7. The number of carbonyl (C=O) groups is 1. The van der Waals surface area contributed by atoms with Crippen LogP contribution in [0.1, 0.15) is 18.4 Å². The van der Waals surface area contributed by atoms with E-state index in [0.29, 0.717) is 13.2 Å². The van der Waals surface area contributed by atoms with Gasteiger partial charge < -0.3 is 25.0 Å². The van der Waals surface area contributed by atoms with E-state index in [1.807, 2.05) is 17.0 Å². The fourth-order valence-electron chi connectivity index (χ4n) is 3.79. The molecule has 27 heavy (non-hydrogen) atoms. The zero-order valence-corrected chi connectivity index (χ0v) is 16.3. The van der Waals surface area contributed by atoms with Crippen LogP contribution in [0.5, 0.6) is 0 Å². The van der Waals surface area contributed by atoms with Crippen molar-refractivity contribution in [3.8, 4) is 0 Å². The molecule has 2 fully saturated rings. The van der Waals surface area contributed by atoms with Crippen LogP contribution in [0.25, 0.3) is 0 Å². The van der Waals surface area contributed by atoms with Gasteiger partial charge in [-0.3, -0.25) is 4.90 Å². The highest BCUT2D eigenvalue weighted by molar-refractivity contribution is 5.91. The van der Waals surface area contributed by atoms with Crippen molar-refractivity contribution in [2.24, 2.45) is 0 Å². The van der Waals surface area contributed by atoms with E-state index in [4.69, 9.17) is 9.84 Å². The predicted octanol–water partition coefficient (Wildman–Crippen LogP) is 1.75. The van der Waals surface area contributed by atoms with Crippen molar-refractivity contribution in [2.45, 2.75) is 19.8 Å². The number of urea groups is 1. The zero-order valence-electron chi connectivity index (χ0n) is 16.3. The maximum Gasteiger partial charge on any atom is 0.321 e. The van der Waals surface area contributed by atoms with Gasteiger partial charge in [0.05, 0.1) is 19.8 Å². The number of piperazine rings is 1. The Hall–Kier alpha value is -1.83. The molecule has 7 heteroatoms. The molecular formula is C20H32N4O3. The highest BCUT2D eigenvalue weighted by atomic mass is 16.5. The highest BCUT2D eigenvalue weighted by Gasteiger charge is 2.22. The van der Waals surface area contributed by atoms with Gasteiger partial charge in [-0.1, -0.05) is 6.07 Å². The van der Waals surface area contributed by atoms with Gasteiger partial charge in [0, 0.05) is 57.2 Å². The first kappa shape index (κ1) is 19.9. The van der Waals surface area contributed by atoms with E-state index in [1.165, 1.54) is 18.5 Å². The summed E-state index contributed by atoms with van der Waals surface area (Å²) >= 11 is 0. The van der Waals surface area contributed by atoms with Gasteiger partial charge in [0.15, 0.2) is 0 Å². The molecule has 1 aromatic carbocycles. The third-order valence-electron chi connectivity index (χ3n) is 5.44. The van der Waals surface area contributed by atoms with E-state index in [2.05, 4.69) is 28.1 Å². The summed E-state index contributed by atoms with van der Waals surface area (Å²) < 4.78 is 5.32. The monoisotopic (exact) mass is 376 g/mol. The number of hydrogen-bond acceptors (Lipinski definition) is 5. The van der Waals surface area contributed by atoms with Crippen LogP contribution >= 0.6 is 0 Å². The molecule has 0 spiro atoms. The molecule has 0 aliphatic carbocycles. The second-order valence-electron chi connectivity index (χ2n) is 7.24. The number of nitrogens with one attached hydrogen (secondary N) is 1. The van der Waals surface area contributed by atoms with E-state index >= 15 is 0 Å². The first-order valence-electron chi connectivity index (χ1n) is 10.0. The summed E-state index contributed by atoms with van der Waals surface area (Å²) in [6, 6.07) is 6.14. The van der Waals surface area contributed by atoms with Gasteiger partial charge in [0.25, 0.3) is 0 Å². The number of amides is 2. The van der Waals surface area contributed by atoms with Crippen molar-refractivity contribution in [3.05, 3.63) is 23.8 Å². The number of benzene rings is 1. The average Bonchev–Trinajstić information content (AvgIpc) is 3.22. The minimum atomic E-state index is -0.0205. The lowest BCUT2D eigenvalue weighted by Gasteiger charge is -2.34. The molecule has 0 bridgehead atoms. The van der Waals surface area contributed by atoms with Crippen LogP contribution in [0.15, 0.2) is 18.2 Å². The third-order valence-corrected chi connectivity index (χ3v) is 5.44. The first-order chi connectivity index (χ1) is 13.2. The summed E-state index contributed by atoms with van der Waals surface area (Å²) in [4.78, 5) is 19.3. The van der Waals surface area contributed by atoms with Gasteiger partial charge in [-0.05, 0) is 37.5 Å². The molecule has 2 aliphatic heterocycles. The van der Waals surface area contributed by atoms with Crippen molar-refractivity contribution < 1.29 is 14.6 Å². The summed E-state index contributed by atoms with van der Waals surface area (Å²) in [5.41, 5.74) is 3.29. The van der Waals surface area contributed by atoms with Crippen LogP contribution < -0.4 is 10.2 Å². The SMILES string of the molecule is Cc1c(NC(=O)N2CCN(CCOCCO)CC2)cccc1N1CCCC1. The quantitative estimate of drug-likeness (QED) is 0.710. The van der Waals surface area contributed by atoms with Crippen molar-refractivity contribution in [2.75, 3.05) is 75.9 Å². The molecule has 150 valence electrons. The minimum absolute atomic E-state index is 0.0205. The second kappa shape index (κ2) is 9.92. The summed E-state index contributed by atoms with van der Waals surface area (Å²) in [5.74, 6) is 0. The Morgan fingerprint density at radius 2 is 1.85 bits per heavy atom. The molecular weight excluding hydrogens is 344 g/mol. The van der Waals surface area contributed by atoms with Gasteiger partial charge in [-0.2, -0.15) is 0 Å². The van der Waals surface area contributed by atoms with Crippen LogP contribution in [0.4, 0.5) is 16.2 Å². The molecule has 0 aromatic heterocycles. The Labute approximate surface area is 161 Å². The van der Waals surface area contributed by atoms with Gasteiger partial charge in [0.1, 0.15) is 0 Å². The number of ether oxygens (including phenoxy) is 1. The Kier molecular flexibility index (Phi) is 7.32. The number of anilines is 2. The van der Waals surface area contributed by atoms with Crippen LogP contribution in [-0.4, -0.2) is 86.6 Å². The fourth-order valence-corrected chi connectivity index (χ4v) is 3.79. The van der Waals surface area contributed by atoms with E-state index < -0.39 is 0 Å². The molecule has 1 aromatic rings. The maximum atomic E-state index is 12.7. The molecule has 3 rings (SSSR count). The van der Waals surface area contributed by atoms with E-state index in [1.54, 1.807) is 0 Å². The molecule has 0 atom stereocenters. The standard InChI is InChI=1S/C20H32N4O3/c1-17-18(5-4-6-19(17)23-7-2-3-8-23)21-20(26)24-11-9-22(10-12-24)13-15-27-16-14-25/h4-6,25H,2-3,7-16H2,1H3,(H,21,26). The van der Waals surface area contributed by atoms with E-state index in [-0.39, 0.29) is 12.6 Å². The Morgan fingerprint density at radius 1 is 1.11 bits per heavy atom. The summed E-state index contributed by atoms with van der Waals surface area (Å²) in [5, 5.41) is 11.8. The van der Waals surface area contributed by atoms with Gasteiger partial charge in [0.2, 0.25) is 0 Å². The highest BCUT2D eigenvalue weighted by Crippen LogP contribution is 2.29. The van der Waals surface area contributed by atoms with Crippen molar-refractivity contribution in [1.29, 1.82) is 0 Å².